The number of ether oxygens (including phenoxy) is 2. The van der Waals surface area contributed by atoms with Crippen LogP contribution in [-0.4, -0.2) is 31.2 Å². The molecule has 0 aliphatic rings. The fraction of sp³-hybridized carbons (Fsp3) is 0.462. The summed E-state index contributed by atoms with van der Waals surface area (Å²) >= 11 is 0. The highest BCUT2D eigenvalue weighted by Gasteiger charge is 2.12. The predicted octanol–water partition coefficient (Wildman–Crippen LogP) is 2.69. The van der Waals surface area contributed by atoms with Crippen LogP contribution in [0.25, 0.3) is 0 Å². The Morgan fingerprint density at radius 1 is 1.29 bits per heavy atom. The molecule has 0 saturated carbocycles. The lowest BCUT2D eigenvalue weighted by Gasteiger charge is -2.13. The number of hydrogen-bond acceptors (Lipinski definition) is 4. The highest BCUT2D eigenvalue weighted by molar-refractivity contribution is 6.00. The molecule has 1 aromatic rings. The zero-order valence-corrected chi connectivity index (χ0v) is 10.5. The Bertz CT molecular complexity index is 355. The van der Waals surface area contributed by atoms with Gasteiger partial charge in [0, 0.05) is 13.5 Å². The molecule has 0 aliphatic carbocycles. The van der Waals surface area contributed by atoms with Gasteiger partial charge in [0.2, 0.25) is 0 Å². The Hall–Kier alpha value is -1.55. The Morgan fingerprint density at radius 2 is 1.94 bits per heavy atom. The fourth-order valence-electron chi connectivity index (χ4n) is 1.61. The van der Waals surface area contributed by atoms with Gasteiger partial charge < -0.3 is 14.7 Å². The van der Waals surface area contributed by atoms with E-state index in [-0.39, 0.29) is 6.10 Å². The average molecular weight is 237 g/mol. The molecule has 0 saturated heterocycles. The van der Waals surface area contributed by atoms with Gasteiger partial charge in [-0.15, -0.1) is 0 Å². The van der Waals surface area contributed by atoms with Gasteiger partial charge in [0.05, 0.1) is 18.9 Å². The third kappa shape index (κ3) is 3.75. The van der Waals surface area contributed by atoms with Crippen LogP contribution in [0.4, 0.5) is 0 Å². The van der Waals surface area contributed by atoms with Crippen LogP contribution in [0.3, 0.4) is 0 Å². The number of hydrogen-bond donors (Lipinski definition) is 1. The van der Waals surface area contributed by atoms with E-state index < -0.39 is 0 Å². The summed E-state index contributed by atoms with van der Waals surface area (Å²) in [5, 5.41) is 12.4. The Kier molecular flexibility index (Phi) is 5.49. The number of benzene rings is 1. The molecular formula is C13H19NO3. The van der Waals surface area contributed by atoms with E-state index in [1.165, 1.54) is 0 Å². The van der Waals surface area contributed by atoms with Gasteiger partial charge in [-0.2, -0.15) is 0 Å². The monoisotopic (exact) mass is 237 g/mol. The topological polar surface area (TPSA) is 51.1 Å². The van der Waals surface area contributed by atoms with Crippen molar-refractivity contribution < 1.29 is 14.7 Å². The lowest BCUT2D eigenvalue weighted by atomic mass is 10.0. The maximum atomic E-state index is 9.05. The Balaban J connectivity index is 2.79. The van der Waals surface area contributed by atoms with Crippen LogP contribution in [-0.2, 0) is 4.74 Å². The maximum absolute atomic E-state index is 9.05. The highest BCUT2D eigenvalue weighted by Crippen LogP contribution is 2.15. The van der Waals surface area contributed by atoms with Gasteiger partial charge in [-0.05, 0) is 36.2 Å². The summed E-state index contributed by atoms with van der Waals surface area (Å²) in [6.45, 7) is 2.04. The Labute approximate surface area is 102 Å². The first-order valence-electron chi connectivity index (χ1n) is 5.63. The first-order chi connectivity index (χ1) is 8.24. The Morgan fingerprint density at radius 3 is 2.35 bits per heavy atom. The summed E-state index contributed by atoms with van der Waals surface area (Å²) in [5.41, 5.74) is 1.50. The standard InChI is InChI=1S/C13H19NO3/c1-4-11(16-2)9-13(14-15)10-5-7-12(17-3)8-6-10/h5-8,11,15H,4,9H2,1-3H3. The summed E-state index contributed by atoms with van der Waals surface area (Å²) in [5.74, 6) is 0.782. The summed E-state index contributed by atoms with van der Waals surface area (Å²) in [4.78, 5) is 0. The molecule has 0 fully saturated rings. The van der Waals surface area contributed by atoms with Crippen LogP contribution in [0.2, 0.25) is 0 Å². The van der Waals surface area contributed by atoms with Gasteiger partial charge in [0.1, 0.15) is 5.75 Å². The van der Waals surface area contributed by atoms with Gasteiger partial charge >= 0.3 is 0 Å². The van der Waals surface area contributed by atoms with Gasteiger partial charge in [-0.1, -0.05) is 12.1 Å². The molecule has 0 aromatic heterocycles. The van der Waals surface area contributed by atoms with Crippen LogP contribution < -0.4 is 4.74 Å². The lowest BCUT2D eigenvalue weighted by molar-refractivity contribution is 0.105. The van der Waals surface area contributed by atoms with Crippen molar-refractivity contribution in [3.05, 3.63) is 29.8 Å². The van der Waals surface area contributed by atoms with Crippen LogP contribution in [0.15, 0.2) is 29.4 Å². The van der Waals surface area contributed by atoms with Crippen LogP contribution >= 0.6 is 0 Å². The van der Waals surface area contributed by atoms with Gasteiger partial charge in [-0.25, -0.2) is 0 Å². The molecule has 0 amide bonds. The molecule has 1 N–H and O–H groups in total. The van der Waals surface area contributed by atoms with Crippen molar-refractivity contribution >= 4 is 5.71 Å². The van der Waals surface area contributed by atoms with Crippen LogP contribution in [0.5, 0.6) is 5.75 Å². The molecule has 1 atom stereocenters. The fourth-order valence-corrected chi connectivity index (χ4v) is 1.61. The zero-order chi connectivity index (χ0) is 12.7. The van der Waals surface area contributed by atoms with E-state index in [1.807, 2.05) is 31.2 Å². The van der Waals surface area contributed by atoms with E-state index in [2.05, 4.69) is 5.16 Å². The average Bonchev–Trinajstić information content (AvgIpc) is 2.40. The minimum Gasteiger partial charge on any atom is -0.497 e. The number of oxime groups is 1. The second-order valence-corrected chi connectivity index (χ2v) is 3.75. The summed E-state index contributed by atoms with van der Waals surface area (Å²) < 4.78 is 10.4. The molecule has 0 heterocycles. The first kappa shape index (κ1) is 13.5. The lowest BCUT2D eigenvalue weighted by Crippen LogP contribution is -2.16. The molecule has 0 spiro atoms. The van der Waals surface area contributed by atoms with Gasteiger partial charge in [0.15, 0.2) is 0 Å². The number of rotatable bonds is 6. The van der Waals surface area contributed by atoms with E-state index in [0.29, 0.717) is 12.1 Å². The summed E-state index contributed by atoms with van der Waals surface area (Å²) in [6.07, 6.45) is 1.55. The van der Waals surface area contributed by atoms with Crippen molar-refractivity contribution in [2.24, 2.45) is 5.16 Å². The van der Waals surface area contributed by atoms with Crippen molar-refractivity contribution in [2.75, 3.05) is 14.2 Å². The molecule has 0 bridgehead atoms. The largest absolute Gasteiger partial charge is 0.497 e. The minimum absolute atomic E-state index is 0.0722. The van der Waals surface area contributed by atoms with E-state index in [1.54, 1.807) is 14.2 Å². The van der Waals surface area contributed by atoms with Gasteiger partial charge in [-0.3, -0.25) is 0 Å². The predicted molar refractivity (Wildman–Crippen MR) is 67.0 cm³/mol. The minimum atomic E-state index is 0.0722. The van der Waals surface area contributed by atoms with E-state index in [4.69, 9.17) is 14.7 Å². The molecule has 0 aliphatic heterocycles. The zero-order valence-electron chi connectivity index (χ0n) is 10.5. The highest BCUT2D eigenvalue weighted by atomic mass is 16.5. The molecule has 1 aromatic carbocycles. The second kappa shape index (κ2) is 6.91. The van der Waals surface area contributed by atoms with E-state index in [0.717, 1.165) is 17.7 Å². The summed E-state index contributed by atoms with van der Waals surface area (Å²) in [7, 11) is 3.28. The molecule has 0 radical (unpaired) electrons. The third-order valence-corrected chi connectivity index (χ3v) is 2.75. The summed E-state index contributed by atoms with van der Waals surface area (Å²) in [6, 6.07) is 7.43. The van der Waals surface area contributed by atoms with Crippen molar-refractivity contribution in [3.63, 3.8) is 0 Å². The molecule has 1 rings (SSSR count). The van der Waals surface area contributed by atoms with E-state index >= 15 is 0 Å². The second-order valence-electron chi connectivity index (χ2n) is 3.75. The first-order valence-corrected chi connectivity index (χ1v) is 5.63. The van der Waals surface area contributed by atoms with Crippen molar-refractivity contribution in [1.82, 2.24) is 0 Å². The quantitative estimate of drug-likeness (QED) is 0.470. The van der Waals surface area contributed by atoms with Crippen LogP contribution in [0.1, 0.15) is 25.3 Å². The maximum Gasteiger partial charge on any atom is 0.118 e. The van der Waals surface area contributed by atoms with Crippen molar-refractivity contribution in [1.29, 1.82) is 0 Å². The van der Waals surface area contributed by atoms with Crippen molar-refractivity contribution in [2.45, 2.75) is 25.9 Å². The molecule has 17 heavy (non-hydrogen) atoms. The SMILES string of the molecule is CCC(CC(=NO)c1ccc(OC)cc1)OC. The molecule has 4 heteroatoms. The number of methoxy groups -OCH3 is 2. The molecule has 94 valence electrons. The normalized spacial score (nSPS) is 13.5. The van der Waals surface area contributed by atoms with Gasteiger partial charge in [0.25, 0.3) is 0 Å². The smallest absolute Gasteiger partial charge is 0.118 e. The molecule has 1 unspecified atom stereocenters. The number of nitrogens with zero attached hydrogens (tertiary/aromatic N) is 1. The third-order valence-electron chi connectivity index (χ3n) is 2.75. The molecule has 4 nitrogen and oxygen atoms in total. The van der Waals surface area contributed by atoms with Crippen LogP contribution in [0, 0.1) is 0 Å². The molecular weight excluding hydrogens is 218 g/mol. The van der Waals surface area contributed by atoms with Crippen molar-refractivity contribution in [3.8, 4) is 5.75 Å². The van der Waals surface area contributed by atoms with E-state index in [9.17, 15) is 0 Å².